The molecule has 2 N–H and O–H groups in total. The molecule has 0 bridgehead atoms. The Kier molecular flexibility index (Phi) is 3.97. The topological polar surface area (TPSA) is 49.3 Å². The fourth-order valence-corrected chi connectivity index (χ4v) is 2.60. The van der Waals surface area contributed by atoms with Crippen LogP contribution in [0.1, 0.15) is 37.7 Å². The molecule has 3 atom stereocenters. The Balaban J connectivity index is 1.92. The van der Waals surface area contributed by atoms with Crippen LogP contribution in [0.2, 0.25) is 0 Å². The number of aliphatic carboxylic acids is 1. The highest BCUT2D eigenvalue weighted by Crippen LogP contribution is 2.34. The smallest absolute Gasteiger partial charge is 0.320 e. The largest absolute Gasteiger partial charge is 0.480 e. The Bertz CT molecular complexity index is 418. The lowest BCUT2D eigenvalue weighted by molar-refractivity contribution is -0.139. The molecule has 1 aromatic rings. The van der Waals surface area contributed by atoms with Crippen LogP contribution in [0.4, 0.5) is 4.39 Å². The van der Waals surface area contributed by atoms with Crippen LogP contribution >= 0.6 is 0 Å². The van der Waals surface area contributed by atoms with E-state index < -0.39 is 12.0 Å². The molecule has 98 valence electrons. The second-order valence-corrected chi connectivity index (χ2v) is 4.99. The number of hydrogen-bond acceptors (Lipinski definition) is 2. The fourth-order valence-electron chi connectivity index (χ4n) is 2.60. The van der Waals surface area contributed by atoms with Gasteiger partial charge in [-0.15, -0.1) is 0 Å². The fraction of sp³-hybridized carbons (Fsp3) is 0.500. The van der Waals surface area contributed by atoms with Crippen LogP contribution in [0.15, 0.2) is 24.3 Å². The molecule has 0 radical (unpaired) electrons. The number of hydrogen-bond donors (Lipinski definition) is 2. The number of halogens is 1. The molecule has 4 heteroatoms. The van der Waals surface area contributed by atoms with Crippen molar-refractivity contribution in [3.8, 4) is 0 Å². The summed E-state index contributed by atoms with van der Waals surface area (Å²) in [5.41, 5.74) is 1.14. The Morgan fingerprint density at radius 1 is 1.39 bits per heavy atom. The van der Waals surface area contributed by atoms with E-state index >= 15 is 0 Å². The minimum absolute atomic E-state index is 0.217. The van der Waals surface area contributed by atoms with Crippen LogP contribution in [0, 0.1) is 5.82 Å². The monoisotopic (exact) mass is 251 g/mol. The Hall–Kier alpha value is -1.42. The van der Waals surface area contributed by atoms with Gasteiger partial charge in [-0.25, -0.2) is 4.39 Å². The first-order chi connectivity index (χ1) is 8.56. The first-order valence-electron chi connectivity index (χ1n) is 6.30. The maximum atomic E-state index is 12.8. The second-order valence-electron chi connectivity index (χ2n) is 4.99. The second kappa shape index (κ2) is 5.48. The highest BCUT2D eigenvalue weighted by molar-refractivity contribution is 5.72. The lowest BCUT2D eigenvalue weighted by Gasteiger charge is -2.16. The first-order valence-corrected chi connectivity index (χ1v) is 6.30. The molecule has 2 unspecified atom stereocenters. The number of nitrogens with one attached hydrogen (secondary N) is 1. The summed E-state index contributed by atoms with van der Waals surface area (Å²) < 4.78 is 12.8. The molecule has 2 rings (SSSR count). The van der Waals surface area contributed by atoms with Crippen molar-refractivity contribution in [3.05, 3.63) is 35.6 Å². The van der Waals surface area contributed by atoms with Gasteiger partial charge in [0.05, 0.1) is 0 Å². The van der Waals surface area contributed by atoms with Crippen molar-refractivity contribution in [2.45, 2.75) is 44.2 Å². The molecular formula is C14H18FNO2. The minimum Gasteiger partial charge on any atom is -0.480 e. The zero-order valence-electron chi connectivity index (χ0n) is 10.4. The zero-order valence-corrected chi connectivity index (χ0v) is 10.4. The summed E-state index contributed by atoms with van der Waals surface area (Å²) in [6.07, 6.45) is 2.92. The minimum atomic E-state index is -0.819. The predicted molar refractivity (Wildman–Crippen MR) is 67.0 cm³/mol. The summed E-state index contributed by atoms with van der Waals surface area (Å²) in [7, 11) is 0. The summed E-state index contributed by atoms with van der Waals surface area (Å²) in [6.45, 7) is 1.66. The molecule has 0 saturated heterocycles. The van der Waals surface area contributed by atoms with Crippen molar-refractivity contribution in [1.82, 2.24) is 5.32 Å². The van der Waals surface area contributed by atoms with Crippen LogP contribution in [-0.2, 0) is 4.79 Å². The van der Waals surface area contributed by atoms with Gasteiger partial charge in [0.15, 0.2) is 0 Å². The summed E-state index contributed by atoms with van der Waals surface area (Å²) in [4.78, 5) is 10.8. The molecule has 1 fully saturated rings. The van der Waals surface area contributed by atoms with E-state index in [1.165, 1.54) is 12.1 Å². The van der Waals surface area contributed by atoms with Crippen LogP contribution in [-0.4, -0.2) is 23.2 Å². The SMILES string of the molecule is C[C@H](NC1CCC(c2ccc(F)cc2)C1)C(=O)O. The lowest BCUT2D eigenvalue weighted by atomic mass is 9.97. The maximum absolute atomic E-state index is 12.8. The standard InChI is InChI=1S/C14H18FNO2/c1-9(14(17)18)16-13-7-4-11(8-13)10-2-5-12(15)6-3-10/h2-3,5-6,9,11,13,16H,4,7-8H2,1H3,(H,17,18)/t9-,11?,13?/m0/s1. The normalized spacial score (nSPS) is 25.0. The van der Waals surface area contributed by atoms with E-state index in [1.807, 2.05) is 12.1 Å². The molecule has 0 spiro atoms. The zero-order chi connectivity index (χ0) is 13.1. The quantitative estimate of drug-likeness (QED) is 0.864. The molecule has 1 aromatic carbocycles. The molecule has 0 aliphatic heterocycles. The molecular weight excluding hydrogens is 233 g/mol. The van der Waals surface area contributed by atoms with E-state index in [-0.39, 0.29) is 11.9 Å². The molecule has 1 aliphatic rings. The van der Waals surface area contributed by atoms with Crippen LogP contribution in [0.3, 0.4) is 0 Å². The van der Waals surface area contributed by atoms with Gasteiger partial charge in [-0.05, 0) is 49.8 Å². The van der Waals surface area contributed by atoms with Gasteiger partial charge in [0.1, 0.15) is 11.9 Å². The third kappa shape index (κ3) is 3.07. The van der Waals surface area contributed by atoms with Gasteiger partial charge in [0.2, 0.25) is 0 Å². The van der Waals surface area contributed by atoms with Gasteiger partial charge in [-0.2, -0.15) is 0 Å². The van der Waals surface area contributed by atoms with Crippen molar-refractivity contribution < 1.29 is 14.3 Å². The van der Waals surface area contributed by atoms with Crippen LogP contribution < -0.4 is 5.32 Å². The summed E-state index contributed by atoms with van der Waals surface area (Å²) in [5.74, 6) is -0.629. The van der Waals surface area contributed by atoms with Gasteiger partial charge in [-0.3, -0.25) is 4.79 Å². The molecule has 0 amide bonds. The van der Waals surface area contributed by atoms with Gasteiger partial charge in [0, 0.05) is 6.04 Å². The number of carboxylic acids is 1. The molecule has 18 heavy (non-hydrogen) atoms. The van der Waals surface area contributed by atoms with Crippen molar-refractivity contribution >= 4 is 5.97 Å². The summed E-state index contributed by atoms with van der Waals surface area (Å²) in [6, 6.07) is 6.34. The third-order valence-electron chi connectivity index (χ3n) is 3.63. The van der Waals surface area contributed by atoms with Crippen LogP contribution in [0.5, 0.6) is 0 Å². The van der Waals surface area contributed by atoms with Crippen LogP contribution in [0.25, 0.3) is 0 Å². The van der Waals surface area contributed by atoms with E-state index in [2.05, 4.69) is 5.32 Å². The number of rotatable bonds is 4. The Morgan fingerprint density at radius 3 is 2.67 bits per heavy atom. The van der Waals surface area contributed by atoms with Crippen molar-refractivity contribution in [3.63, 3.8) is 0 Å². The van der Waals surface area contributed by atoms with E-state index in [1.54, 1.807) is 6.92 Å². The average molecular weight is 251 g/mol. The van der Waals surface area contributed by atoms with E-state index in [0.717, 1.165) is 24.8 Å². The highest BCUT2D eigenvalue weighted by atomic mass is 19.1. The molecule has 1 saturated carbocycles. The maximum Gasteiger partial charge on any atom is 0.320 e. The molecule has 1 aliphatic carbocycles. The molecule has 3 nitrogen and oxygen atoms in total. The van der Waals surface area contributed by atoms with E-state index in [9.17, 15) is 9.18 Å². The van der Waals surface area contributed by atoms with Gasteiger partial charge >= 0.3 is 5.97 Å². The molecule has 0 heterocycles. The van der Waals surface area contributed by atoms with E-state index in [0.29, 0.717) is 5.92 Å². The summed E-state index contributed by atoms with van der Waals surface area (Å²) in [5, 5.41) is 12.0. The lowest BCUT2D eigenvalue weighted by Crippen LogP contribution is -2.40. The van der Waals surface area contributed by atoms with Crippen molar-refractivity contribution in [2.24, 2.45) is 0 Å². The Morgan fingerprint density at radius 2 is 2.06 bits per heavy atom. The predicted octanol–water partition coefficient (Wildman–Crippen LogP) is 2.52. The van der Waals surface area contributed by atoms with Crippen molar-refractivity contribution in [2.75, 3.05) is 0 Å². The third-order valence-corrected chi connectivity index (χ3v) is 3.63. The number of carbonyl (C=O) groups is 1. The van der Waals surface area contributed by atoms with Gasteiger partial charge in [0.25, 0.3) is 0 Å². The van der Waals surface area contributed by atoms with Gasteiger partial charge in [-0.1, -0.05) is 12.1 Å². The highest BCUT2D eigenvalue weighted by Gasteiger charge is 2.27. The molecule has 0 aromatic heterocycles. The van der Waals surface area contributed by atoms with E-state index in [4.69, 9.17) is 5.11 Å². The first kappa shape index (κ1) is 13.0. The van der Waals surface area contributed by atoms with Gasteiger partial charge < -0.3 is 10.4 Å². The number of carboxylic acid groups (broad SMARTS) is 1. The average Bonchev–Trinajstić information content (AvgIpc) is 2.78. The Labute approximate surface area is 106 Å². The number of benzene rings is 1. The summed E-state index contributed by atoms with van der Waals surface area (Å²) >= 11 is 0. The van der Waals surface area contributed by atoms with Crippen molar-refractivity contribution in [1.29, 1.82) is 0 Å².